The van der Waals surface area contributed by atoms with Crippen LogP contribution in [-0.4, -0.2) is 45.2 Å². The molecule has 0 fully saturated rings. The molecule has 0 radical (unpaired) electrons. The number of amides is 1. The number of nitrogens with one attached hydrogen (secondary N) is 1. The summed E-state index contributed by atoms with van der Waals surface area (Å²) in [5.41, 5.74) is 3.94. The predicted octanol–water partition coefficient (Wildman–Crippen LogP) is 2.71. The SMILES string of the molecule is COc1ccccc1C(=O)N(CC[NH+](C)C)c1nc2cc(C)c(C)cc2s1. The minimum atomic E-state index is -0.0822. The van der Waals surface area contributed by atoms with Crippen molar-refractivity contribution < 1.29 is 14.4 Å². The molecule has 0 bridgehead atoms. The third-order valence-electron chi connectivity index (χ3n) is 4.64. The van der Waals surface area contributed by atoms with E-state index in [0.29, 0.717) is 17.9 Å². The van der Waals surface area contributed by atoms with Crippen molar-refractivity contribution in [3.05, 3.63) is 53.1 Å². The summed E-state index contributed by atoms with van der Waals surface area (Å²) >= 11 is 1.56. The van der Waals surface area contributed by atoms with Crippen molar-refractivity contribution in [2.75, 3.05) is 39.2 Å². The summed E-state index contributed by atoms with van der Waals surface area (Å²) in [5, 5.41) is 0.729. The van der Waals surface area contributed by atoms with Crippen LogP contribution < -0.4 is 14.5 Å². The summed E-state index contributed by atoms with van der Waals surface area (Å²) in [6, 6.07) is 11.6. The summed E-state index contributed by atoms with van der Waals surface area (Å²) in [6.07, 6.45) is 0. The van der Waals surface area contributed by atoms with E-state index < -0.39 is 0 Å². The Balaban J connectivity index is 2.04. The van der Waals surface area contributed by atoms with Gasteiger partial charge in [0, 0.05) is 0 Å². The molecular weight excluding hydrogens is 358 g/mol. The second-order valence-electron chi connectivity index (χ2n) is 7.01. The Morgan fingerprint density at radius 3 is 2.59 bits per heavy atom. The van der Waals surface area contributed by atoms with E-state index in [1.165, 1.54) is 16.0 Å². The first kappa shape index (κ1) is 19.3. The summed E-state index contributed by atoms with van der Waals surface area (Å²) < 4.78 is 6.50. The van der Waals surface area contributed by atoms with Gasteiger partial charge in [0.15, 0.2) is 5.13 Å². The van der Waals surface area contributed by atoms with E-state index in [4.69, 9.17) is 9.72 Å². The zero-order chi connectivity index (χ0) is 19.6. The van der Waals surface area contributed by atoms with E-state index in [-0.39, 0.29) is 5.91 Å². The first-order valence-corrected chi connectivity index (χ1v) is 9.84. The number of nitrogens with zero attached hydrogens (tertiary/aromatic N) is 2. The third-order valence-corrected chi connectivity index (χ3v) is 5.68. The molecule has 1 heterocycles. The van der Waals surface area contributed by atoms with Gasteiger partial charge in [-0.15, -0.1) is 0 Å². The molecule has 2 aromatic carbocycles. The number of para-hydroxylation sites is 1. The molecule has 142 valence electrons. The number of quaternary nitrogens is 1. The highest BCUT2D eigenvalue weighted by molar-refractivity contribution is 7.22. The minimum absolute atomic E-state index is 0.0822. The molecule has 5 nitrogen and oxygen atoms in total. The molecule has 0 saturated carbocycles. The molecule has 1 aromatic heterocycles. The zero-order valence-electron chi connectivity index (χ0n) is 16.5. The Labute approximate surface area is 164 Å². The van der Waals surface area contributed by atoms with Gasteiger partial charge in [-0.05, 0) is 49.2 Å². The maximum atomic E-state index is 13.4. The van der Waals surface area contributed by atoms with Crippen LogP contribution in [0, 0.1) is 13.8 Å². The summed E-state index contributed by atoms with van der Waals surface area (Å²) in [4.78, 5) is 21.2. The van der Waals surface area contributed by atoms with Crippen molar-refractivity contribution in [3.8, 4) is 5.75 Å². The summed E-state index contributed by atoms with van der Waals surface area (Å²) in [5.74, 6) is 0.499. The molecule has 0 aliphatic rings. The fourth-order valence-corrected chi connectivity index (χ4v) is 3.94. The van der Waals surface area contributed by atoms with E-state index in [1.807, 2.05) is 18.2 Å². The Kier molecular flexibility index (Phi) is 5.77. The molecule has 3 rings (SSSR count). The van der Waals surface area contributed by atoms with E-state index in [2.05, 4.69) is 40.1 Å². The maximum Gasteiger partial charge on any atom is 0.264 e. The topological polar surface area (TPSA) is 46.9 Å². The first-order valence-electron chi connectivity index (χ1n) is 9.02. The average Bonchev–Trinajstić information content (AvgIpc) is 3.04. The molecule has 3 aromatic rings. The molecular formula is C21H26N3O2S+. The van der Waals surface area contributed by atoms with E-state index >= 15 is 0 Å². The van der Waals surface area contributed by atoms with Crippen molar-refractivity contribution in [2.24, 2.45) is 0 Å². The van der Waals surface area contributed by atoms with E-state index in [1.54, 1.807) is 29.4 Å². The molecule has 0 aliphatic heterocycles. The highest BCUT2D eigenvalue weighted by Gasteiger charge is 2.24. The number of hydrogen-bond donors (Lipinski definition) is 1. The number of ether oxygens (including phenoxy) is 1. The van der Waals surface area contributed by atoms with Crippen molar-refractivity contribution in [1.29, 1.82) is 0 Å². The second kappa shape index (κ2) is 8.06. The number of aryl methyl sites for hydroxylation is 2. The molecule has 0 atom stereocenters. The summed E-state index contributed by atoms with van der Waals surface area (Å²) in [6.45, 7) is 5.61. The number of anilines is 1. The quantitative estimate of drug-likeness (QED) is 0.711. The van der Waals surface area contributed by atoms with Gasteiger partial charge >= 0.3 is 0 Å². The normalized spacial score (nSPS) is 11.2. The van der Waals surface area contributed by atoms with Crippen LogP contribution in [0.1, 0.15) is 21.5 Å². The Bertz CT molecular complexity index is 926. The van der Waals surface area contributed by atoms with Gasteiger partial charge < -0.3 is 9.64 Å². The van der Waals surface area contributed by atoms with Crippen LogP contribution in [0.15, 0.2) is 36.4 Å². The molecule has 0 saturated heterocycles. The van der Waals surface area contributed by atoms with Gasteiger partial charge in [0.05, 0.1) is 50.1 Å². The standard InChI is InChI=1S/C21H25N3O2S/c1-14-12-17-19(13-15(14)2)27-21(22-17)24(11-10-23(3)4)20(25)16-8-6-7-9-18(16)26-5/h6-9,12-13H,10-11H2,1-5H3/p+1. The van der Waals surface area contributed by atoms with Crippen LogP contribution in [0.4, 0.5) is 5.13 Å². The summed E-state index contributed by atoms with van der Waals surface area (Å²) in [7, 11) is 5.75. The molecule has 27 heavy (non-hydrogen) atoms. The van der Waals surface area contributed by atoms with Crippen molar-refractivity contribution >= 4 is 32.6 Å². The highest BCUT2D eigenvalue weighted by Crippen LogP contribution is 2.32. The Morgan fingerprint density at radius 1 is 1.19 bits per heavy atom. The number of carbonyl (C=O) groups excluding carboxylic acids is 1. The lowest BCUT2D eigenvalue weighted by atomic mass is 10.1. The van der Waals surface area contributed by atoms with Gasteiger partial charge in [-0.3, -0.25) is 9.69 Å². The second-order valence-corrected chi connectivity index (χ2v) is 8.02. The number of aromatic nitrogens is 1. The van der Waals surface area contributed by atoms with Crippen molar-refractivity contribution in [2.45, 2.75) is 13.8 Å². The van der Waals surface area contributed by atoms with Gasteiger partial charge in [-0.1, -0.05) is 23.5 Å². The fourth-order valence-electron chi connectivity index (χ4n) is 2.87. The predicted molar refractivity (Wildman–Crippen MR) is 111 cm³/mol. The van der Waals surface area contributed by atoms with E-state index in [9.17, 15) is 4.79 Å². The lowest BCUT2D eigenvalue weighted by molar-refractivity contribution is -0.856. The van der Waals surface area contributed by atoms with Gasteiger partial charge in [-0.2, -0.15) is 0 Å². The molecule has 6 heteroatoms. The van der Waals surface area contributed by atoms with E-state index in [0.717, 1.165) is 21.9 Å². The van der Waals surface area contributed by atoms with Crippen LogP contribution in [-0.2, 0) is 0 Å². The number of likely N-dealkylation sites (N-methyl/N-ethyl adjacent to an activating group) is 1. The Hall–Kier alpha value is -2.44. The molecule has 0 unspecified atom stereocenters. The first-order chi connectivity index (χ1) is 12.9. The number of carbonyl (C=O) groups is 1. The molecule has 0 spiro atoms. The molecule has 1 amide bonds. The Morgan fingerprint density at radius 2 is 1.89 bits per heavy atom. The van der Waals surface area contributed by atoms with Crippen LogP contribution in [0.2, 0.25) is 0 Å². The monoisotopic (exact) mass is 384 g/mol. The highest BCUT2D eigenvalue weighted by atomic mass is 32.1. The minimum Gasteiger partial charge on any atom is -0.496 e. The van der Waals surface area contributed by atoms with Crippen LogP contribution in [0.25, 0.3) is 10.2 Å². The number of thiazole rings is 1. The number of rotatable bonds is 6. The maximum absolute atomic E-state index is 13.4. The van der Waals surface area contributed by atoms with Crippen LogP contribution >= 0.6 is 11.3 Å². The van der Waals surface area contributed by atoms with Crippen LogP contribution in [0.3, 0.4) is 0 Å². The van der Waals surface area contributed by atoms with Gasteiger partial charge in [0.1, 0.15) is 5.75 Å². The van der Waals surface area contributed by atoms with Crippen molar-refractivity contribution in [3.63, 3.8) is 0 Å². The molecule has 0 aliphatic carbocycles. The largest absolute Gasteiger partial charge is 0.496 e. The van der Waals surface area contributed by atoms with Gasteiger partial charge in [0.2, 0.25) is 0 Å². The van der Waals surface area contributed by atoms with Crippen LogP contribution in [0.5, 0.6) is 5.75 Å². The number of methoxy groups -OCH3 is 1. The zero-order valence-corrected chi connectivity index (χ0v) is 17.3. The number of fused-ring (bicyclic) bond motifs is 1. The lowest BCUT2D eigenvalue weighted by Gasteiger charge is -2.21. The van der Waals surface area contributed by atoms with Crippen molar-refractivity contribution in [1.82, 2.24) is 4.98 Å². The molecule has 1 N–H and O–H groups in total. The fraction of sp³-hybridized carbons (Fsp3) is 0.333. The van der Waals surface area contributed by atoms with Gasteiger partial charge in [-0.25, -0.2) is 4.98 Å². The van der Waals surface area contributed by atoms with Gasteiger partial charge in [0.25, 0.3) is 5.91 Å². The lowest BCUT2D eigenvalue weighted by Crippen LogP contribution is -3.06. The average molecular weight is 385 g/mol. The third kappa shape index (κ3) is 4.12. The smallest absolute Gasteiger partial charge is 0.264 e. The number of hydrogen-bond acceptors (Lipinski definition) is 4. The number of benzene rings is 2.